The standard InChI is InChI=1S/C10H20N2O.ClH/c1-8(2)10-7-12(3-4-13-10)9-5-11-6-9;/h8-11H,3-7H2,1-2H3;1H. The number of morpholine rings is 1. The van der Waals surface area contributed by atoms with Crippen LogP contribution in [0.3, 0.4) is 0 Å². The van der Waals surface area contributed by atoms with Crippen molar-refractivity contribution in [3.8, 4) is 0 Å². The molecule has 2 saturated heterocycles. The van der Waals surface area contributed by atoms with E-state index in [0.29, 0.717) is 12.0 Å². The zero-order chi connectivity index (χ0) is 9.26. The minimum atomic E-state index is 0. The first-order valence-corrected chi connectivity index (χ1v) is 5.33. The lowest BCUT2D eigenvalue weighted by atomic mass is 10.0. The molecule has 2 aliphatic heterocycles. The summed E-state index contributed by atoms with van der Waals surface area (Å²) in [5.41, 5.74) is 0. The summed E-state index contributed by atoms with van der Waals surface area (Å²) in [6.07, 6.45) is 0.453. The number of nitrogens with one attached hydrogen (secondary N) is 1. The minimum Gasteiger partial charge on any atom is -0.375 e. The normalized spacial score (nSPS) is 29.8. The average Bonchev–Trinajstić information content (AvgIpc) is 2.01. The van der Waals surface area contributed by atoms with Crippen molar-refractivity contribution in [1.29, 1.82) is 0 Å². The highest BCUT2D eigenvalue weighted by Crippen LogP contribution is 2.16. The van der Waals surface area contributed by atoms with Crippen LogP contribution >= 0.6 is 12.4 Å². The molecule has 0 saturated carbocycles. The Bertz CT molecular complexity index is 174. The van der Waals surface area contributed by atoms with Crippen LogP contribution < -0.4 is 5.32 Å². The quantitative estimate of drug-likeness (QED) is 0.743. The second-order valence-electron chi connectivity index (χ2n) is 4.46. The van der Waals surface area contributed by atoms with E-state index in [1.165, 1.54) is 13.1 Å². The fourth-order valence-corrected chi connectivity index (χ4v) is 1.96. The molecule has 14 heavy (non-hydrogen) atoms. The van der Waals surface area contributed by atoms with Crippen molar-refractivity contribution < 1.29 is 4.74 Å². The van der Waals surface area contributed by atoms with Gasteiger partial charge in [-0.05, 0) is 5.92 Å². The Kier molecular flexibility index (Phi) is 4.64. The smallest absolute Gasteiger partial charge is 0.0725 e. The van der Waals surface area contributed by atoms with Crippen molar-refractivity contribution in [2.24, 2.45) is 5.92 Å². The van der Waals surface area contributed by atoms with Crippen molar-refractivity contribution in [3.63, 3.8) is 0 Å². The van der Waals surface area contributed by atoms with Gasteiger partial charge in [0, 0.05) is 32.2 Å². The second kappa shape index (κ2) is 5.31. The van der Waals surface area contributed by atoms with Gasteiger partial charge in [0.1, 0.15) is 0 Å². The molecule has 0 radical (unpaired) electrons. The van der Waals surface area contributed by atoms with E-state index in [-0.39, 0.29) is 12.4 Å². The number of halogens is 1. The van der Waals surface area contributed by atoms with E-state index in [2.05, 4.69) is 24.1 Å². The largest absolute Gasteiger partial charge is 0.375 e. The third kappa shape index (κ3) is 2.60. The summed E-state index contributed by atoms with van der Waals surface area (Å²) in [4.78, 5) is 2.57. The molecule has 2 fully saturated rings. The molecule has 0 aromatic heterocycles. The molecular weight excluding hydrogens is 200 g/mol. The Balaban J connectivity index is 0.000000980. The predicted molar refractivity (Wildman–Crippen MR) is 60.1 cm³/mol. The van der Waals surface area contributed by atoms with Crippen LogP contribution in [0.4, 0.5) is 0 Å². The molecular formula is C10H21ClN2O. The van der Waals surface area contributed by atoms with Crippen molar-refractivity contribution in [3.05, 3.63) is 0 Å². The lowest BCUT2D eigenvalue weighted by Crippen LogP contribution is -2.61. The molecule has 0 spiro atoms. The summed E-state index contributed by atoms with van der Waals surface area (Å²) in [6, 6.07) is 0.783. The third-order valence-electron chi connectivity index (χ3n) is 3.14. The van der Waals surface area contributed by atoms with Gasteiger partial charge in [0.15, 0.2) is 0 Å². The van der Waals surface area contributed by atoms with Crippen LogP contribution in [-0.4, -0.2) is 49.8 Å². The molecule has 1 unspecified atom stereocenters. The van der Waals surface area contributed by atoms with Crippen LogP contribution in [0.25, 0.3) is 0 Å². The van der Waals surface area contributed by atoms with E-state index in [0.717, 1.165) is 25.7 Å². The molecule has 0 aliphatic carbocycles. The summed E-state index contributed by atoms with van der Waals surface area (Å²) in [5.74, 6) is 0.649. The van der Waals surface area contributed by atoms with Crippen LogP contribution in [0.1, 0.15) is 13.8 Å². The van der Waals surface area contributed by atoms with E-state index < -0.39 is 0 Å². The molecule has 0 aromatic rings. The van der Waals surface area contributed by atoms with Gasteiger partial charge in [-0.2, -0.15) is 0 Å². The number of hydrogen-bond donors (Lipinski definition) is 1. The molecule has 1 N–H and O–H groups in total. The summed E-state index contributed by atoms with van der Waals surface area (Å²) >= 11 is 0. The first-order valence-electron chi connectivity index (χ1n) is 5.33. The van der Waals surface area contributed by atoms with Gasteiger partial charge in [-0.3, -0.25) is 4.90 Å². The molecule has 0 bridgehead atoms. The highest BCUT2D eigenvalue weighted by molar-refractivity contribution is 5.85. The highest BCUT2D eigenvalue weighted by atomic mass is 35.5. The fraction of sp³-hybridized carbons (Fsp3) is 1.00. The lowest BCUT2D eigenvalue weighted by Gasteiger charge is -2.43. The van der Waals surface area contributed by atoms with Gasteiger partial charge in [0.25, 0.3) is 0 Å². The maximum absolute atomic E-state index is 5.73. The maximum Gasteiger partial charge on any atom is 0.0725 e. The number of ether oxygens (including phenoxy) is 1. The van der Waals surface area contributed by atoms with Gasteiger partial charge >= 0.3 is 0 Å². The van der Waals surface area contributed by atoms with Gasteiger partial charge in [0.05, 0.1) is 12.7 Å². The Labute approximate surface area is 92.6 Å². The van der Waals surface area contributed by atoms with Crippen LogP contribution in [-0.2, 0) is 4.74 Å². The predicted octanol–water partition coefficient (Wildman–Crippen LogP) is 0.737. The average molecular weight is 221 g/mol. The highest BCUT2D eigenvalue weighted by Gasteiger charge is 2.30. The molecule has 0 amide bonds. The number of rotatable bonds is 2. The Morgan fingerprint density at radius 3 is 2.57 bits per heavy atom. The first kappa shape index (κ1) is 12.2. The monoisotopic (exact) mass is 220 g/mol. The number of nitrogens with zero attached hydrogens (tertiary/aromatic N) is 1. The minimum absolute atomic E-state index is 0. The lowest BCUT2D eigenvalue weighted by molar-refractivity contribution is -0.0691. The van der Waals surface area contributed by atoms with Crippen LogP contribution in [0.15, 0.2) is 0 Å². The first-order chi connectivity index (χ1) is 6.27. The van der Waals surface area contributed by atoms with Crippen molar-refractivity contribution >= 4 is 12.4 Å². The molecule has 1 atom stereocenters. The molecule has 0 aromatic carbocycles. The van der Waals surface area contributed by atoms with E-state index in [1.807, 2.05) is 0 Å². The molecule has 3 nitrogen and oxygen atoms in total. The molecule has 2 rings (SSSR count). The zero-order valence-electron chi connectivity index (χ0n) is 9.03. The van der Waals surface area contributed by atoms with Crippen LogP contribution in [0.2, 0.25) is 0 Å². The molecule has 4 heteroatoms. The zero-order valence-corrected chi connectivity index (χ0v) is 9.85. The summed E-state index contributed by atoms with van der Waals surface area (Å²) in [7, 11) is 0. The van der Waals surface area contributed by atoms with Gasteiger partial charge < -0.3 is 10.1 Å². The van der Waals surface area contributed by atoms with Gasteiger partial charge in [0.2, 0.25) is 0 Å². The number of hydrogen-bond acceptors (Lipinski definition) is 3. The van der Waals surface area contributed by atoms with Crippen LogP contribution in [0, 0.1) is 5.92 Å². The fourth-order valence-electron chi connectivity index (χ4n) is 1.96. The third-order valence-corrected chi connectivity index (χ3v) is 3.14. The van der Waals surface area contributed by atoms with E-state index >= 15 is 0 Å². The van der Waals surface area contributed by atoms with E-state index in [1.54, 1.807) is 0 Å². The van der Waals surface area contributed by atoms with Crippen molar-refractivity contribution in [2.75, 3.05) is 32.8 Å². The maximum atomic E-state index is 5.73. The van der Waals surface area contributed by atoms with Crippen molar-refractivity contribution in [2.45, 2.75) is 26.0 Å². The second-order valence-corrected chi connectivity index (χ2v) is 4.46. The van der Waals surface area contributed by atoms with Gasteiger partial charge in [-0.1, -0.05) is 13.8 Å². The SMILES string of the molecule is CC(C)C1CN(C2CNC2)CCO1.Cl. The van der Waals surface area contributed by atoms with Crippen molar-refractivity contribution in [1.82, 2.24) is 10.2 Å². The molecule has 84 valence electrons. The Morgan fingerprint density at radius 1 is 1.36 bits per heavy atom. The van der Waals surface area contributed by atoms with E-state index in [9.17, 15) is 0 Å². The van der Waals surface area contributed by atoms with Crippen LogP contribution in [0.5, 0.6) is 0 Å². The summed E-state index contributed by atoms with van der Waals surface area (Å²) < 4.78 is 5.73. The topological polar surface area (TPSA) is 24.5 Å². The summed E-state index contributed by atoms with van der Waals surface area (Å²) in [6.45, 7) is 9.99. The van der Waals surface area contributed by atoms with Gasteiger partial charge in [-0.25, -0.2) is 0 Å². The summed E-state index contributed by atoms with van der Waals surface area (Å²) in [5, 5.41) is 3.32. The van der Waals surface area contributed by atoms with Gasteiger partial charge in [-0.15, -0.1) is 12.4 Å². The Morgan fingerprint density at radius 2 is 2.07 bits per heavy atom. The Hall–Kier alpha value is 0.170. The molecule has 2 heterocycles. The van der Waals surface area contributed by atoms with E-state index in [4.69, 9.17) is 4.74 Å². The molecule has 2 aliphatic rings.